The van der Waals surface area contributed by atoms with Crippen molar-refractivity contribution in [3.05, 3.63) is 72.8 Å². The van der Waals surface area contributed by atoms with Crippen LogP contribution < -0.4 is 24.6 Å². The van der Waals surface area contributed by atoms with Crippen LogP contribution in [0.4, 0.5) is 0 Å². The van der Waals surface area contributed by atoms with Gasteiger partial charge in [-0.3, -0.25) is 0 Å². The van der Waals surface area contributed by atoms with E-state index in [0.717, 1.165) is 0 Å². The molecule has 0 aliphatic carbocycles. The Morgan fingerprint density at radius 1 is 0.472 bits per heavy atom. The van der Waals surface area contributed by atoms with E-state index in [1.54, 1.807) is 41.5 Å². The summed E-state index contributed by atoms with van der Waals surface area (Å²) >= 11 is 0. The van der Waals surface area contributed by atoms with E-state index in [4.69, 9.17) is 72.8 Å². The minimum absolute atomic E-state index is 0. The van der Waals surface area contributed by atoms with E-state index in [1.807, 2.05) is 0 Å². The Hall–Kier alpha value is -3.04. The van der Waals surface area contributed by atoms with Gasteiger partial charge in [0.25, 0.3) is 0 Å². The minimum atomic E-state index is -1.75. The summed E-state index contributed by atoms with van der Waals surface area (Å²) in [7, 11) is 0. The number of nitrogens with one attached hydrogen (secondary N) is 2. The molecule has 0 bridgehead atoms. The van der Waals surface area contributed by atoms with Gasteiger partial charge < -0.3 is 107 Å². The van der Waals surface area contributed by atoms with Crippen molar-refractivity contribution in [2.45, 2.75) is 41.5 Å². The van der Waals surface area contributed by atoms with E-state index in [1.165, 1.54) is 0 Å². The molecule has 0 fully saturated rings. The third-order valence-electron chi connectivity index (χ3n) is 1.36. The zero-order valence-corrected chi connectivity index (χ0v) is 24.5. The molecule has 26 heteroatoms. The van der Waals surface area contributed by atoms with Crippen LogP contribution in [0.5, 0.6) is 0 Å². The molecular weight excluding hydrogens is 874 g/mol. The molecule has 0 saturated heterocycles. The molecule has 0 radical (unpaired) electrons. The van der Waals surface area contributed by atoms with Crippen molar-refractivity contribution >= 4 is 11.8 Å². The number of amides is 2. The van der Waals surface area contributed by atoms with Crippen LogP contribution in [-0.4, -0.2) is 32.2 Å². The number of carbonyl (C=O) groups excluding carboxylic acids is 2. The van der Waals surface area contributed by atoms with Crippen LogP contribution in [0.25, 0.3) is 11.5 Å². The Labute approximate surface area is 233 Å². The maximum atomic E-state index is 10.1. The molecule has 0 aromatic carbocycles. The van der Waals surface area contributed by atoms with E-state index in [0.29, 0.717) is 0 Å². The van der Waals surface area contributed by atoms with Gasteiger partial charge in [0.1, 0.15) is 0 Å². The van der Waals surface area contributed by atoms with Gasteiger partial charge in [0, 0.05) is 53.0 Å². The second-order valence-corrected chi connectivity index (χ2v) is 6.05. The summed E-state index contributed by atoms with van der Waals surface area (Å²) in [6, 6.07) is 0. The standard InChI is InChI=1S/2C5H11NO.4NO3.4H3N.2Pt/c2*1-5(2,3)4(6)7;4*2-1(3)4;;;;;;/h2*1-3H3,(H2,6,7);;;;;4*1H3;;/q;;4*-1;;;;;;/p-2. The molecular formula is C10H32N10O14Pt2-6. The molecule has 0 atom stereocenters. The van der Waals surface area contributed by atoms with E-state index in [-0.39, 0.29) is 66.7 Å². The van der Waals surface area contributed by atoms with Gasteiger partial charge in [0.05, 0.1) is 32.2 Å². The van der Waals surface area contributed by atoms with Crippen LogP contribution in [0.2, 0.25) is 0 Å². The van der Waals surface area contributed by atoms with Gasteiger partial charge in [0.2, 0.25) is 0 Å². The first-order valence-electron chi connectivity index (χ1n) is 6.60. The minimum Gasteiger partial charge on any atom is -0.667 e. The zero-order valence-electron chi connectivity index (χ0n) is 20.0. The Kier molecular flexibility index (Phi) is 89.7. The fourth-order valence-electron chi connectivity index (χ4n) is 0. The largest absolute Gasteiger partial charge is 0.667 e. The second kappa shape index (κ2) is 42.1. The van der Waals surface area contributed by atoms with Crippen molar-refractivity contribution in [2.24, 2.45) is 10.8 Å². The van der Waals surface area contributed by atoms with Crippen LogP contribution in [-0.2, 0) is 51.7 Å². The van der Waals surface area contributed by atoms with Gasteiger partial charge in [-0.15, -0.1) is 0 Å². The predicted molar refractivity (Wildman–Crippen MR) is 119 cm³/mol. The second-order valence-electron chi connectivity index (χ2n) is 6.05. The van der Waals surface area contributed by atoms with E-state index in [9.17, 15) is 9.59 Å². The molecule has 0 aromatic heterocycles. The third-order valence-corrected chi connectivity index (χ3v) is 1.36. The molecule has 0 heterocycles. The Bertz CT molecular complexity index is 470. The van der Waals surface area contributed by atoms with Gasteiger partial charge in [0.15, 0.2) is 0 Å². The number of rotatable bonds is 0. The molecule has 0 aromatic rings. The normalized spacial score (nSPS) is 7.06. The van der Waals surface area contributed by atoms with Crippen molar-refractivity contribution in [3.63, 3.8) is 0 Å². The molecule has 0 rings (SSSR count). The fraction of sp³-hybridized carbons (Fsp3) is 0.800. The summed E-state index contributed by atoms with van der Waals surface area (Å²) in [6.45, 7) is 10.3. The number of hydrogen-bond acceptors (Lipinski definition) is 18. The fourth-order valence-corrected chi connectivity index (χ4v) is 0. The van der Waals surface area contributed by atoms with Crippen LogP contribution in [0.3, 0.4) is 0 Å². The average molecular weight is 907 g/mol. The summed E-state index contributed by atoms with van der Waals surface area (Å²) in [6.07, 6.45) is 0. The number of nitrogens with zero attached hydrogens (tertiary/aromatic N) is 4. The molecule has 0 aliphatic rings. The first kappa shape index (κ1) is 76.6. The van der Waals surface area contributed by atoms with E-state index < -0.39 is 43.0 Å². The summed E-state index contributed by atoms with van der Waals surface area (Å²) in [5.74, 6) is -1.01. The number of carbonyl (C=O) groups is 2. The molecule has 24 nitrogen and oxygen atoms in total. The van der Waals surface area contributed by atoms with Crippen molar-refractivity contribution in [3.8, 4) is 0 Å². The van der Waals surface area contributed by atoms with Crippen molar-refractivity contribution in [1.82, 2.24) is 24.6 Å². The van der Waals surface area contributed by atoms with Gasteiger partial charge in [-0.05, 0) is 0 Å². The summed E-state index contributed by atoms with van der Waals surface area (Å²) in [4.78, 5) is 53.3. The first-order valence-corrected chi connectivity index (χ1v) is 6.60. The molecule has 36 heavy (non-hydrogen) atoms. The molecule has 2 amide bonds. The molecule has 0 saturated carbocycles. The molecule has 0 spiro atoms. The zero-order chi connectivity index (χ0) is 26.5. The molecule has 14 N–H and O–H groups in total. The number of hydrogen-bond donors (Lipinski definition) is 4. The van der Waals surface area contributed by atoms with Crippen LogP contribution in [0.1, 0.15) is 41.5 Å². The summed E-state index contributed by atoms with van der Waals surface area (Å²) < 4.78 is 0. The average Bonchev–Trinajstić information content (AvgIpc) is 2.33. The summed E-state index contributed by atoms with van der Waals surface area (Å²) in [5.41, 5.74) is 12.2. The van der Waals surface area contributed by atoms with Crippen molar-refractivity contribution in [1.29, 1.82) is 0 Å². The van der Waals surface area contributed by atoms with Crippen LogP contribution >= 0.6 is 0 Å². The molecule has 0 aliphatic heterocycles. The van der Waals surface area contributed by atoms with Crippen molar-refractivity contribution < 1.29 is 72.1 Å². The quantitative estimate of drug-likeness (QED) is 0.200. The third kappa shape index (κ3) is 346. The van der Waals surface area contributed by atoms with E-state index >= 15 is 0 Å². The predicted octanol–water partition coefficient (Wildman–Crippen LogP) is 2.91. The Morgan fingerprint density at radius 3 is 0.500 bits per heavy atom. The smallest absolute Gasteiger partial charge is 0.0689 e. The van der Waals surface area contributed by atoms with Crippen molar-refractivity contribution in [2.75, 3.05) is 0 Å². The van der Waals surface area contributed by atoms with Gasteiger partial charge >= 0.3 is 0 Å². The topological polar surface area (TPSA) is 487 Å². The summed E-state index contributed by atoms with van der Waals surface area (Å²) in [5, 5.41) is 59.0. The van der Waals surface area contributed by atoms with Gasteiger partial charge in [-0.2, -0.15) is 0 Å². The van der Waals surface area contributed by atoms with Crippen LogP contribution in [0.15, 0.2) is 0 Å². The maximum Gasteiger partial charge on any atom is 0.0689 e. The monoisotopic (exact) mass is 906 g/mol. The SMILES string of the molecule is CC(C)(C)C([NH-])=O.CC(C)(C)C([NH-])=O.N.N.N.N.O=[N+]([O-])[O-].O=[N+]([O-])[O-].O=[N+]([O-])[O-].O=[N+]([O-])[O-].[Pt].[Pt]. The van der Waals surface area contributed by atoms with E-state index in [2.05, 4.69) is 0 Å². The molecule has 0 unspecified atom stereocenters. The first-order chi connectivity index (χ1) is 12.8. The van der Waals surface area contributed by atoms with Crippen LogP contribution in [0, 0.1) is 72.1 Å². The molecule has 232 valence electrons. The Morgan fingerprint density at radius 2 is 0.500 bits per heavy atom. The van der Waals surface area contributed by atoms with Gasteiger partial charge in [-0.1, -0.05) is 41.5 Å². The maximum absolute atomic E-state index is 10.1. The Balaban J connectivity index is -0.0000000189. The van der Waals surface area contributed by atoms with Gasteiger partial charge in [-0.25, -0.2) is 0 Å².